The average molecular weight is 252 g/mol. The predicted molar refractivity (Wildman–Crippen MR) is 77.5 cm³/mol. The molecular weight excluding hydrogens is 224 g/mol. The normalized spacial score (nSPS) is 13.2. The van der Waals surface area contributed by atoms with E-state index < -0.39 is 0 Å². The lowest BCUT2D eigenvalue weighted by Crippen LogP contribution is -2.05. The number of unbranched alkanes of at least 4 members (excludes halogenated alkanes) is 1. The van der Waals surface area contributed by atoms with Crippen LogP contribution in [0.25, 0.3) is 0 Å². The third-order valence-electron chi connectivity index (χ3n) is 3.05. The van der Waals surface area contributed by atoms with E-state index in [0.29, 0.717) is 12.5 Å². The van der Waals surface area contributed by atoms with Gasteiger partial charge in [0, 0.05) is 6.92 Å². The number of ether oxygens (including phenoxy) is 1. The van der Waals surface area contributed by atoms with E-state index in [0.717, 1.165) is 19.3 Å². The molecule has 0 heterocycles. The van der Waals surface area contributed by atoms with Gasteiger partial charge in [-0.1, -0.05) is 24.6 Å². The van der Waals surface area contributed by atoms with Crippen LogP contribution in [-0.4, -0.2) is 12.6 Å². The molecule has 0 aliphatic carbocycles. The van der Waals surface area contributed by atoms with E-state index in [4.69, 9.17) is 4.74 Å². The Morgan fingerprint density at radius 1 is 1.28 bits per heavy atom. The predicted octanol–water partition coefficient (Wildman–Crippen LogP) is 4.66. The minimum absolute atomic E-state index is 0.180. The van der Waals surface area contributed by atoms with Gasteiger partial charge >= 0.3 is 5.97 Å². The summed E-state index contributed by atoms with van der Waals surface area (Å²) < 4.78 is 4.94. The molecule has 0 bridgehead atoms. The van der Waals surface area contributed by atoms with Crippen molar-refractivity contribution in [1.82, 2.24) is 0 Å². The summed E-state index contributed by atoms with van der Waals surface area (Å²) in [6, 6.07) is 0. The molecule has 0 saturated carbocycles. The van der Waals surface area contributed by atoms with Crippen molar-refractivity contribution in [3.63, 3.8) is 0 Å². The van der Waals surface area contributed by atoms with Gasteiger partial charge in [-0.3, -0.25) is 4.79 Å². The highest BCUT2D eigenvalue weighted by Gasteiger charge is 2.02. The summed E-state index contributed by atoms with van der Waals surface area (Å²) >= 11 is 0. The quantitative estimate of drug-likeness (QED) is 0.321. The Morgan fingerprint density at radius 3 is 2.61 bits per heavy atom. The summed E-state index contributed by atoms with van der Waals surface area (Å²) in [4.78, 5) is 10.6. The van der Waals surface area contributed by atoms with Crippen molar-refractivity contribution in [3.05, 3.63) is 24.3 Å². The molecule has 0 spiro atoms. The molecule has 0 saturated heterocycles. The number of esters is 1. The fourth-order valence-corrected chi connectivity index (χ4v) is 1.79. The molecule has 0 aliphatic heterocycles. The van der Waals surface area contributed by atoms with Crippen molar-refractivity contribution in [2.24, 2.45) is 5.92 Å². The maximum atomic E-state index is 10.6. The van der Waals surface area contributed by atoms with Gasteiger partial charge < -0.3 is 4.74 Å². The maximum Gasteiger partial charge on any atom is 0.302 e. The van der Waals surface area contributed by atoms with Crippen molar-refractivity contribution < 1.29 is 9.53 Å². The Labute approximate surface area is 112 Å². The highest BCUT2D eigenvalue weighted by molar-refractivity contribution is 5.65. The zero-order valence-corrected chi connectivity index (χ0v) is 12.2. The van der Waals surface area contributed by atoms with Crippen molar-refractivity contribution in [2.45, 2.75) is 59.3 Å². The second kappa shape index (κ2) is 11.1. The molecule has 0 rings (SSSR count). The van der Waals surface area contributed by atoms with Gasteiger partial charge in [-0.2, -0.15) is 0 Å². The minimum atomic E-state index is -0.180. The summed E-state index contributed by atoms with van der Waals surface area (Å²) in [5.41, 5.74) is 1.48. The van der Waals surface area contributed by atoms with Crippen LogP contribution < -0.4 is 0 Å². The highest BCUT2D eigenvalue weighted by Crippen LogP contribution is 2.14. The third kappa shape index (κ3) is 11.4. The van der Waals surface area contributed by atoms with E-state index in [-0.39, 0.29) is 5.97 Å². The summed E-state index contributed by atoms with van der Waals surface area (Å²) in [6.07, 6.45) is 11.0. The van der Waals surface area contributed by atoms with Crippen LogP contribution in [0.15, 0.2) is 24.3 Å². The molecule has 18 heavy (non-hydrogen) atoms. The van der Waals surface area contributed by atoms with Gasteiger partial charge in [0.2, 0.25) is 0 Å². The average Bonchev–Trinajstić information content (AvgIpc) is 2.29. The van der Waals surface area contributed by atoms with E-state index in [9.17, 15) is 4.79 Å². The molecular formula is C16H28O2. The van der Waals surface area contributed by atoms with Crippen molar-refractivity contribution in [1.29, 1.82) is 0 Å². The molecule has 0 aromatic rings. The lowest BCUT2D eigenvalue weighted by Gasteiger charge is -2.10. The first-order valence-electron chi connectivity index (χ1n) is 6.96. The van der Waals surface area contributed by atoms with Crippen LogP contribution in [0.3, 0.4) is 0 Å². The van der Waals surface area contributed by atoms with E-state index in [1.54, 1.807) is 0 Å². The molecule has 2 heteroatoms. The van der Waals surface area contributed by atoms with Gasteiger partial charge in [0.25, 0.3) is 0 Å². The number of allylic oxidation sites excluding steroid dienone is 3. The Kier molecular flexibility index (Phi) is 10.4. The first-order chi connectivity index (χ1) is 8.56. The number of rotatable bonds is 10. The summed E-state index contributed by atoms with van der Waals surface area (Å²) in [6.45, 7) is 10.2. The topological polar surface area (TPSA) is 26.3 Å². The molecule has 0 aromatic heterocycles. The zero-order chi connectivity index (χ0) is 13.8. The maximum absolute atomic E-state index is 10.6. The van der Waals surface area contributed by atoms with Gasteiger partial charge in [0.15, 0.2) is 0 Å². The molecule has 0 N–H and O–H groups in total. The van der Waals surface area contributed by atoms with Gasteiger partial charge in [-0.25, -0.2) is 0 Å². The molecule has 0 fully saturated rings. The van der Waals surface area contributed by atoms with Crippen LogP contribution in [0.4, 0.5) is 0 Å². The zero-order valence-electron chi connectivity index (χ0n) is 12.2. The van der Waals surface area contributed by atoms with Crippen LogP contribution >= 0.6 is 0 Å². The van der Waals surface area contributed by atoms with Crippen molar-refractivity contribution >= 4 is 5.97 Å². The van der Waals surface area contributed by atoms with E-state index >= 15 is 0 Å². The monoisotopic (exact) mass is 252 g/mol. The molecule has 0 aliphatic rings. The molecule has 0 aromatic carbocycles. The fourth-order valence-electron chi connectivity index (χ4n) is 1.79. The van der Waals surface area contributed by atoms with Crippen LogP contribution in [0.2, 0.25) is 0 Å². The molecule has 104 valence electrons. The number of hydrogen-bond acceptors (Lipinski definition) is 2. The second-order valence-corrected chi connectivity index (χ2v) is 5.04. The van der Waals surface area contributed by atoms with Crippen LogP contribution in [0, 0.1) is 5.92 Å². The summed E-state index contributed by atoms with van der Waals surface area (Å²) in [5.74, 6) is 0.432. The molecule has 1 unspecified atom stereocenters. The van der Waals surface area contributed by atoms with Crippen LogP contribution in [-0.2, 0) is 9.53 Å². The molecule has 0 amide bonds. The summed E-state index contributed by atoms with van der Waals surface area (Å²) in [5, 5.41) is 0. The minimum Gasteiger partial charge on any atom is -0.466 e. The van der Waals surface area contributed by atoms with Gasteiger partial charge in [0.1, 0.15) is 0 Å². The van der Waals surface area contributed by atoms with E-state index in [1.807, 2.05) is 6.08 Å². The first-order valence-corrected chi connectivity index (χ1v) is 6.96. The van der Waals surface area contributed by atoms with Crippen molar-refractivity contribution in [2.75, 3.05) is 6.61 Å². The Hall–Kier alpha value is -1.05. The number of carbonyl (C=O) groups excluding carboxylic acids is 1. The van der Waals surface area contributed by atoms with Crippen LogP contribution in [0.5, 0.6) is 0 Å². The van der Waals surface area contributed by atoms with Crippen molar-refractivity contribution in [3.8, 4) is 0 Å². The third-order valence-corrected chi connectivity index (χ3v) is 3.05. The molecule has 0 radical (unpaired) electrons. The Morgan fingerprint density at radius 2 is 2.00 bits per heavy atom. The van der Waals surface area contributed by atoms with Gasteiger partial charge in [0.05, 0.1) is 6.61 Å². The van der Waals surface area contributed by atoms with Gasteiger partial charge in [-0.05, 0) is 51.4 Å². The highest BCUT2D eigenvalue weighted by atomic mass is 16.5. The van der Waals surface area contributed by atoms with E-state index in [1.165, 1.54) is 31.8 Å². The second-order valence-electron chi connectivity index (χ2n) is 5.04. The number of carbonyl (C=O) groups is 1. The lowest BCUT2D eigenvalue weighted by molar-refractivity contribution is -0.141. The molecule has 2 nitrogen and oxygen atoms in total. The standard InChI is InChI=1S/C16H28O2/c1-5-6-7-9-14(2)10-8-11-15(3)12-13-18-16(4)17/h5,10,15H,1,6-9,11-13H2,2-4H3/b14-10-. The Balaban J connectivity index is 3.58. The van der Waals surface area contributed by atoms with E-state index in [2.05, 4.69) is 26.5 Å². The SMILES string of the molecule is C=CCCC/C(C)=C\CCC(C)CCOC(C)=O. The van der Waals surface area contributed by atoms with Crippen LogP contribution in [0.1, 0.15) is 59.3 Å². The first kappa shape index (κ1) is 16.9. The number of hydrogen-bond donors (Lipinski definition) is 0. The summed E-state index contributed by atoms with van der Waals surface area (Å²) in [7, 11) is 0. The molecule has 1 atom stereocenters. The Bertz CT molecular complexity index is 266. The van der Waals surface area contributed by atoms with Gasteiger partial charge in [-0.15, -0.1) is 6.58 Å². The fraction of sp³-hybridized carbons (Fsp3) is 0.688. The largest absolute Gasteiger partial charge is 0.466 e. The lowest BCUT2D eigenvalue weighted by atomic mass is 10.0. The smallest absolute Gasteiger partial charge is 0.302 e.